The number of carbonyl (C=O) groups is 1. The molecule has 0 bridgehead atoms. The van der Waals surface area contributed by atoms with Gasteiger partial charge in [0.05, 0.1) is 5.69 Å². The first-order valence-electron chi connectivity index (χ1n) is 8.17. The third-order valence-electron chi connectivity index (χ3n) is 3.92. The molecule has 0 aliphatic rings. The van der Waals surface area contributed by atoms with Crippen molar-refractivity contribution in [3.05, 3.63) is 83.7 Å². The van der Waals surface area contributed by atoms with E-state index in [2.05, 4.69) is 5.32 Å². The summed E-state index contributed by atoms with van der Waals surface area (Å²) in [6.07, 6.45) is 0. The Morgan fingerprint density at radius 3 is 2.07 bits per heavy atom. The van der Waals surface area contributed by atoms with Gasteiger partial charge in [-0.3, -0.25) is 4.79 Å². The first-order valence-corrected chi connectivity index (χ1v) is 8.17. The van der Waals surface area contributed by atoms with Crippen molar-refractivity contribution in [3.8, 4) is 16.9 Å². The second-order valence-corrected chi connectivity index (χ2v) is 5.95. The van der Waals surface area contributed by atoms with Crippen LogP contribution in [0.15, 0.2) is 60.7 Å². The highest BCUT2D eigenvalue weighted by molar-refractivity contribution is 5.92. The molecule has 0 saturated carbocycles. The molecule has 0 aliphatic carbocycles. The predicted octanol–water partition coefficient (Wildman–Crippen LogP) is 5.10. The molecule has 3 nitrogen and oxygen atoms in total. The zero-order chi connectivity index (χ0) is 19.4. The van der Waals surface area contributed by atoms with Crippen LogP contribution in [0.1, 0.15) is 5.56 Å². The van der Waals surface area contributed by atoms with Crippen molar-refractivity contribution in [2.75, 3.05) is 11.9 Å². The van der Waals surface area contributed by atoms with Crippen LogP contribution in [0, 0.1) is 24.4 Å². The number of halogens is 3. The molecule has 0 unspecified atom stereocenters. The molecule has 0 saturated heterocycles. The third-order valence-corrected chi connectivity index (χ3v) is 3.92. The largest absolute Gasteiger partial charge is 0.484 e. The van der Waals surface area contributed by atoms with E-state index >= 15 is 0 Å². The lowest BCUT2D eigenvalue weighted by Crippen LogP contribution is -2.21. The van der Waals surface area contributed by atoms with Crippen molar-refractivity contribution in [2.45, 2.75) is 6.92 Å². The number of aryl methyl sites for hydroxylation is 1. The van der Waals surface area contributed by atoms with E-state index in [0.717, 1.165) is 23.3 Å². The quantitative estimate of drug-likeness (QED) is 0.634. The number of carbonyl (C=O) groups excluding carboxylic acids is 1. The molecule has 0 aliphatic heterocycles. The number of anilines is 1. The van der Waals surface area contributed by atoms with Crippen molar-refractivity contribution in [1.82, 2.24) is 0 Å². The second kappa shape index (κ2) is 7.95. The van der Waals surface area contributed by atoms with Crippen LogP contribution in [0.3, 0.4) is 0 Å². The number of hydrogen-bond acceptors (Lipinski definition) is 2. The summed E-state index contributed by atoms with van der Waals surface area (Å²) in [5.74, 6) is -4.66. The van der Waals surface area contributed by atoms with Gasteiger partial charge in [-0.25, -0.2) is 13.2 Å². The minimum atomic E-state index is -1.64. The van der Waals surface area contributed by atoms with Gasteiger partial charge in [-0.05, 0) is 42.3 Å². The molecule has 3 aromatic carbocycles. The van der Waals surface area contributed by atoms with Crippen LogP contribution in [0.4, 0.5) is 18.9 Å². The highest BCUT2D eigenvalue weighted by Gasteiger charge is 2.15. The standard InChI is InChI=1S/C21H16F3NO2/c1-13-2-4-14(5-3-13)15-6-8-16(9-7-15)27-12-19(26)25-18-11-10-17(22)20(23)21(18)24/h2-11H,12H2,1H3,(H,25,26). The highest BCUT2D eigenvalue weighted by Crippen LogP contribution is 2.23. The van der Waals surface area contributed by atoms with Gasteiger partial charge < -0.3 is 10.1 Å². The molecule has 0 spiro atoms. The van der Waals surface area contributed by atoms with Crippen LogP contribution in [-0.2, 0) is 4.79 Å². The lowest BCUT2D eigenvalue weighted by Gasteiger charge is -2.09. The van der Waals surface area contributed by atoms with Crippen molar-refractivity contribution < 1.29 is 22.7 Å². The average Bonchev–Trinajstić information content (AvgIpc) is 2.68. The zero-order valence-electron chi connectivity index (χ0n) is 14.4. The summed E-state index contributed by atoms with van der Waals surface area (Å²) >= 11 is 0. The van der Waals surface area contributed by atoms with Crippen LogP contribution < -0.4 is 10.1 Å². The van der Waals surface area contributed by atoms with Gasteiger partial charge in [-0.1, -0.05) is 42.0 Å². The number of benzene rings is 3. The van der Waals surface area contributed by atoms with Gasteiger partial charge >= 0.3 is 0 Å². The van der Waals surface area contributed by atoms with E-state index in [9.17, 15) is 18.0 Å². The number of ether oxygens (including phenoxy) is 1. The molecule has 1 N–H and O–H groups in total. The molecular formula is C21H16F3NO2. The molecule has 0 fully saturated rings. The SMILES string of the molecule is Cc1ccc(-c2ccc(OCC(=O)Nc3ccc(F)c(F)c3F)cc2)cc1. The predicted molar refractivity (Wildman–Crippen MR) is 97.1 cm³/mol. The highest BCUT2D eigenvalue weighted by atomic mass is 19.2. The van der Waals surface area contributed by atoms with Crippen LogP contribution in [0.25, 0.3) is 11.1 Å². The molecule has 6 heteroatoms. The fraction of sp³-hybridized carbons (Fsp3) is 0.0952. The molecule has 27 heavy (non-hydrogen) atoms. The summed E-state index contributed by atoms with van der Waals surface area (Å²) < 4.78 is 44.9. The topological polar surface area (TPSA) is 38.3 Å². The number of rotatable bonds is 5. The Bertz CT molecular complexity index is 954. The van der Waals surface area contributed by atoms with Crippen molar-refractivity contribution in [2.24, 2.45) is 0 Å². The van der Waals surface area contributed by atoms with Crippen LogP contribution in [0.2, 0.25) is 0 Å². The first-order chi connectivity index (χ1) is 12.9. The van der Waals surface area contributed by atoms with Crippen molar-refractivity contribution in [3.63, 3.8) is 0 Å². The Morgan fingerprint density at radius 1 is 0.852 bits per heavy atom. The molecule has 0 atom stereocenters. The molecule has 0 heterocycles. The lowest BCUT2D eigenvalue weighted by molar-refractivity contribution is -0.118. The second-order valence-electron chi connectivity index (χ2n) is 5.95. The van der Waals surface area contributed by atoms with Gasteiger partial charge in [0.2, 0.25) is 0 Å². The molecule has 138 valence electrons. The Kier molecular flexibility index (Phi) is 5.45. The molecule has 0 aromatic heterocycles. The zero-order valence-corrected chi connectivity index (χ0v) is 14.4. The number of hydrogen-bond donors (Lipinski definition) is 1. The fourth-order valence-corrected chi connectivity index (χ4v) is 2.45. The summed E-state index contributed by atoms with van der Waals surface area (Å²) in [7, 11) is 0. The van der Waals surface area contributed by atoms with Crippen LogP contribution >= 0.6 is 0 Å². The Balaban J connectivity index is 1.59. The molecule has 1 amide bonds. The van der Waals surface area contributed by atoms with Gasteiger partial charge in [-0.15, -0.1) is 0 Å². The Labute approximate surface area is 154 Å². The van der Waals surface area contributed by atoms with Gasteiger partial charge in [0.1, 0.15) is 5.75 Å². The van der Waals surface area contributed by atoms with E-state index in [1.54, 1.807) is 12.1 Å². The van der Waals surface area contributed by atoms with Gasteiger partial charge in [-0.2, -0.15) is 0 Å². The molecule has 0 radical (unpaired) electrons. The molecule has 3 aromatic rings. The van der Waals surface area contributed by atoms with Crippen molar-refractivity contribution >= 4 is 11.6 Å². The normalized spacial score (nSPS) is 10.5. The number of nitrogens with one attached hydrogen (secondary N) is 1. The van der Waals surface area contributed by atoms with Crippen molar-refractivity contribution in [1.29, 1.82) is 0 Å². The molecular weight excluding hydrogens is 355 g/mol. The monoisotopic (exact) mass is 371 g/mol. The Morgan fingerprint density at radius 2 is 1.44 bits per heavy atom. The average molecular weight is 371 g/mol. The van der Waals surface area contributed by atoms with Gasteiger partial charge in [0.25, 0.3) is 5.91 Å². The van der Waals surface area contributed by atoms with Gasteiger partial charge in [0.15, 0.2) is 24.1 Å². The van der Waals surface area contributed by atoms with E-state index in [4.69, 9.17) is 4.74 Å². The summed E-state index contributed by atoms with van der Waals surface area (Å²) in [5, 5.41) is 2.15. The van der Waals surface area contributed by atoms with Crippen LogP contribution in [0.5, 0.6) is 5.75 Å². The van der Waals surface area contributed by atoms with E-state index < -0.39 is 35.7 Å². The maximum Gasteiger partial charge on any atom is 0.262 e. The molecule has 3 rings (SSSR count). The summed E-state index contributed by atoms with van der Waals surface area (Å²) in [4.78, 5) is 11.8. The smallest absolute Gasteiger partial charge is 0.262 e. The first kappa shape index (κ1) is 18.5. The van der Waals surface area contributed by atoms with E-state index in [-0.39, 0.29) is 0 Å². The van der Waals surface area contributed by atoms with E-state index in [0.29, 0.717) is 5.75 Å². The van der Waals surface area contributed by atoms with Gasteiger partial charge in [0, 0.05) is 0 Å². The third kappa shape index (κ3) is 4.47. The fourth-order valence-electron chi connectivity index (χ4n) is 2.45. The Hall–Kier alpha value is -3.28. The number of amides is 1. The minimum Gasteiger partial charge on any atom is -0.484 e. The summed E-state index contributed by atoms with van der Waals surface area (Å²) in [5.41, 5.74) is 2.77. The maximum absolute atomic E-state index is 13.5. The van der Waals surface area contributed by atoms with E-state index in [1.165, 1.54) is 5.56 Å². The summed E-state index contributed by atoms with van der Waals surface area (Å²) in [6, 6.07) is 16.9. The van der Waals surface area contributed by atoms with E-state index in [1.807, 2.05) is 43.3 Å². The van der Waals surface area contributed by atoms with Crippen LogP contribution in [-0.4, -0.2) is 12.5 Å². The summed E-state index contributed by atoms with van der Waals surface area (Å²) in [6.45, 7) is 1.61. The maximum atomic E-state index is 13.5. The minimum absolute atomic E-state index is 0.400. The lowest BCUT2D eigenvalue weighted by atomic mass is 10.0.